The highest BCUT2D eigenvalue weighted by Gasteiger charge is 2.30. The zero-order chi connectivity index (χ0) is 12.4. The summed E-state index contributed by atoms with van der Waals surface area (Å²) >= 11 is 0. The molecule has 92 valence electrons. The Balaban J connectivity index is 2.09. The molecule has 17 heavy (non-hydrogen) atoms. The fourth-order valence-corrected chi connectivity index (χ4v) is 1.87. The molecular formula is C11H15N3O3. The molecule has 1 aliphatic carbocycles. The first-order valence-corrected chi connectivity index (χ1v) is 5.51. The number of nitro groups is 1. The standard InChI is InChI=1S/C11H15N3O3/c1-7-3-4-10(14(15)16)11(12-7)13-8-5-9(6-8)17-2/h3-4,8-9H,5-6H2,1-2H3,(H,12,13). The maximum absolute atomic E-state index is 10.8. The first kappa shape index (κ1) is 11.8. The van der Waals surface area contributed by atoms with E-state index in [2.05, 4.69) is 10.3 Å². The van der Waals surface area contributed by atoms with Gasteiger partial charge in [0.2, 0.25) is 5.82 Å². The molecule has 1 N–H and O–H groups in total. The van der Waals surface area contributed by atoms with Crippen LogP contribution >= 0.6 is 0 Å². The number of ether oxygens (including phenoxy) is 1. The van der Waals surface area contributed by atoms with Crippen molar-refractivity contribution < 1.29 is 9.66 Å². The fourth-order valence-electron chi connectivity index (χ4n) is 1.87. The largest absolute Gasteiger partial charge is 0.381 e. The molecule has 1 fully saturated rings. The van der Waals surface area contributed by atoms with Crippen LogP contribution in [0, 0.1) is 17.0 Å². The summed E-state index contributed by atoms with van der Waals surface area (Å²) in [6.45, 7) is 1.81. The van der Waals surface area contributed by atoms with Crippen molar-refractivity contribution in [2.45, 2.75) is 31.9 Å². The van der Waals surface area contributed by atoms with Crippen molar-refractivity contribution in [2.75, 3.05) is 12.4 Å². The van der Waals surface area contributed by atoms with E-state index in [1.807, 2.05) is 6.92 Å². The molecule has 0 spiro atoms. The van der Waals surface area contributed by atoms with E-state index in [1.165, 1.54) is 6.07 Å². The van der Waals surface area contributed by atoms with Gasteiger partial charge in [0, 0.05) is 24.9 Å². The minimum Gasteiger partial charge on any atom is -0.381 e. The molecule has 0 unspecified atom stereocenters. The number of hydrogen-bond acceptors (Lipinski definition) is 5. The monoisotopic (exact) mass is 237 g/mol. The Bertz CT molecular complexity index is 430. The van der Waals surface area contributed by atoms with Gasteiger partial charge in [0.05, 0.1) is 11.0 Å². The molecule has 6 nitrogen and oxygen atoms in total. The van der Waals surface area contributed by atoms with E-state index >= 15 is 0 Å². The molecule has 1 saturated carbocycles. The summed E-state index contributed by atoms with van der Waals surface area (Å²) in [5.74, 6) is 0.356. The van der Waals surface area contributed by atoms with E-state index in [-0.39, 0.29) is 17.8 Å². The average Bonchev–Trinajstić information content (AvgIpc) is 2.22. The van der Waals surface area contributed by atoms with Gasteiger partial charge in [-0.3, -0.25) is 10.1 Å². The quantitative estimate of drug-likeness (QED) is 0.639. The molecule has 1 heterocycles. The third kappa shape index (κ3) is 2.52. The van der Waals surface area contributed by atoms with Crippen LogP contribution in [0.4, 0.5) is 11.5 Å². The lowest BCUT2D eigenvalue weighted by atomic mass is 9.89. The van der Waals surface area contributed by atoms with Crippen molar-refractivity contribution in [1.82, 2.24) is 4.98 Å². The SMILES string of the molecule is COC1CC(Nc2nc(C)ccc2[N+](=O)[O-])C1. The predicted octanol–water partition coefficient (Wildman–Crippen LogP) is 1.89. The molecule has 6 heteroatoms. The molecule has 0 aliphatic heterocycles. The Kier molecular flexibility index (Phi) is 3.23. The molecule has 0 atom stereocenters. The normalized spacial score (nSPS) is 22.9. The molecule has 1 aliphatic rings. The zero-order valence-electron chi connectivity index (χ0n) is 9.84. The lowest BCUT2D eigenvalue weighted by Gasteiger charge is -2.34. The molecule has 0 amide bonds. The third-order valence-corrected chi connectivity index (χ3v) is 2.98. The maximum Gasteiger partial charge on any atom is 0.311 e. The molecule has 1 aromatic heterocycles. The van der Waals surface area contributed by atoms with Gasteiger partial charge in [-0.2, -0.15) is 0 Å². The van der Waals surface area contributed by atoms with Gasteiger partial charge in [0.1, 0.15) is 0 Å². The summed E-state index contributed by atoms with van der Waals surface area (Å²) in [5, 5.41) is 13.9. The molecule has 0 radical (unpaired) electrons. The lowest BCUT2D eigenvalue weighted by Crippen LogP contribution is -2.40. The van der Waals surface area contributed by atoms with Crippen LogP contribution < -0.4 is 5.32 Å². The van der Waals surface area contributed by atoms with E-state index < -0.39 is 4.92 Å². The van der Waals surface area contributed by atoms with Crippen molar-refractivity contribution in [3.05, 3.63) is 27.9 Å². The molecule has 0 aromatic carbocycles. The van der Waals surface area contributed by atoms with Gasteiger partial charge in [-0.05, 0) is 25.8 Å². The minimum absolute atomic E-state index is 0.0245. The van der Waals surface area contributed by atoms with Crippen molar-refractivity contribution in [3.63, 3.8) is 0 Å². The van der Waals surface area contributed by atoms with Gasteiger partial charge in [-0.25, -0.2) is 4.98 Å². The minimum atomic E-state index is -0.415. The summed E-state index contributed by atoms with van der Waals surface area (Å²) in [5.41, 5.74) is 0.789. The van der Waals surface area contributed by atoms with Crippen molar-refractivity contribution in [2.24, 2.45) is 0 Å². The van der Waals surface area contributed by atoms with Crippen LogP contribution in [0.2, 0.25) is 0 Å². The smallest absolute Gasteiger partial charge is 0.311 e. The van der Waals surface area contributed by atoms with Gasteiger partial charge >= 0.3 is 5.69 Å². The Morgan fingerprint density at radius 2 is 2.24 bits per heavy atom. The Labute approximate surface area is 99.2 Å². The zero-order valence-corrected chi connectivity index (χ0v) is 9.84. The number of nitrogens with zero attached hydrogens (tertiary/aromatic N) is 2. The molecule has 0 bridgehead atoms. The molecule has 2 rings (SSSR count). The maximum atomic E-state index is 10.8. The van der Waals surface area contributed by atoms with Crippen molar-refractivity contribution in [3.8, 4) is 0 Å². The van der Waals surface area contributed by atoms with Crippen LogP contribution in [-0.4, -0.2) is 29.2 Å². The highest BCUT2D eigenvalue weighted by molar-refractivity contribution is 5.56. The second kappa shape index (κ2) is 4.67. The lowest BCUT2D eigenvalue weighted by molar-refractivity contribution is -0.384. The molecule has 1 aromatic rings. The average molecular weight is 237 g/mol. The first-order valence-electron chi connectivity index (χ1n) is 5.51. The third-order valence-electron chi connectivity index (χ3n) is 2.98. The number of hydrogen-bond donors (Lipinski definition) is 1. The topological polar surface area (TPSA) is 77.3 Å². The number of rotatable bonds is 4. The van der Waals surface area contributed by atoms with Crippen LogP contribution in [0.1, 0.15) is 18.5 Å². The van der Waals surface area contributed by atoms with Gasteiger partial charge in [0.15, 0.2) is 0 Å². The van der Waals surface area contributed by atoms with Crippen LogP contribution in [0.3, 0.4) is 0 Å². The van der Waals surface area contributed by atoms with Gasteiger partial charge in [-0.1, -0.05) is 0 Å². The van der Waals surface area contributed by atoms with E-state index in [1.54, 1.807) is 13.2 Å². The van der Waals surface area contributed by atoms with Crippen LogP contribution in [0.25, 0.3) is 0 Å². The Hall–Kier alpha value is -1.69. The summed E-state index contributed by atoms with van der Waals surface area (Å²) in [6, 6.07) is 3.34. The van der Waals surface area contributed by atoms with E-state index in [4.69, 9.17) is 4.74 Å². The summed E-state index contributed by atoms with van der Waals surface area (Å²) in [7, 11) is 1.67. The van der Waals surface area contributed by atoms with Gasteiger partial charge in [0.25, 0.3) is 0 Å². The highest BCUT2D eigenvalue weighted by atomic mass is 16.6. The number of anilines is 1. The van der Waals surface area contributed by atoms with Crippen molar-refractivity contribution >= 4 is 11.5 Å². The predicted molar refractivity (Wildman–Crippen MR) is 63.1 cm³/mol. The van der Waals surface area contributed by atoms with Crippen LogP contribution in [0.5, 0.6) is 0 Å². The van der Waals surface area contributed by atoms with Gasteiger partial charge < -0.3 is 10.1 Å². The van der Waals surface area contributed by atoms with Crippen LogP contribution in [0.15, 0.2) is 12.1 Å². The first-order chi connectivity index (χ1) is 8.10. The number of pyridine rings is 1. The fraction of sp³-hybridized carbons (Fsp3) is 0.545. The number of aromatic nitrogens is 1. The highest BCUT2D eigenvalue weighted by Crippen LogP contribution is 2.29. The van der Waals surface area contributed by atoms with Crippen LogP contribution in [-0.2, 0) is 4.74 Å². The Morgan fingerprint density at radius 1 is 1.53 bits per heavy atom. The van der Waals surface area contributed by atoms with E-state index in [9.17, 15) is 10.1 Å². The van der Waals surface area contributed by atoms with Gasteiger partial charge in [-0.15, -0.1) is 0 Å². The summed E-state index contributed by atoms with van der Waals surface area (Å²) < 4.78 is 5.16. The number of nitrogens with one attached hydrogen (secondary N) is 1. The summed E-state index contributed by atoms with van der Waals surface area (Å²) in [6.07, 6.45) is 1.99. The second-order valence-corrected chi connectivity index (χ2v) is 4.25. The molecular weight excluding hydrogens is 222 g/mol. The van der Waals surface area contributed by atoms with Crippen molar-refractivity contribution in [1.29, 1.82) is 0 Å². The number of methoxy groups -OCH3 is 1. The second-order valence-electron chi connectivity index (χ2n) is 4.25. The molecule has 0 saturated heterocycles. The Morgan fingerprint density at radius 3 is 2.82 bits per heavy atom. The van der Waals surface area contributed by atoms with E-state index in [0.717, 1.165) is 18.5 Å². The number of aryl methyl sites for hydroxylation is 1. The van der Waals surface area contributed by atoms with E-state index in [0.29, 0.717) is 5.82 Å². The summed E-state index contributed by atoms with van der Waals surface area (Å²) in [4.78, 5) is 14.6.